The Balaban J connectivity index is 2.30. The molecule has 0 aromatic heterocycles. The highest BCUT2D eigenvalue weighted by atomic mass is 32.2. The van der Waals surface area contributed by atoms with Crippen LogP contribution in [0.15, 0.2) is 18.2 Å². The minimum Gasteiger partial charge on any atom is -0.454 e. The van der Waals surface area contributed by atoms with E-state index in [1.807, 2.05) is 6.07 Å². The molecule has 0 bridgehead atoms. The van der Waals surface area contributed by atoms with Gasteiger partial charge in [-0.15, -0.1) is 0 Å². The van der Waals surface area contributed by atoms with Gasteiger partial charge in [0.05, 0.1) is 12.3 Å². The summed E-state index contributed by atoms with van der Waals surface area (Å²) in [7, 11) is -3.44. The summed E-state index contributed by atoms with van der Waals surface area (Å²) in [6.07, 6.45) is 1.00. The average molecular weight is 254 g/mol. The van der Waals surface area contributed by atoms with Gasteiger partial charge in [0.25, 0.3) is 0 Å². The Labute approximate surface area is 98.8 Å². The maximum absolute atomic E-state index is 11.1. The van der Waals surface area contributed by atoms with Crippen molar-refractivity contribution in [1.29, 1.82) is 5.26 Å². The van der Waals surface area contributed by atoms with Crippen molar-refractivity contribution in [2.24, 2.45) is 0 Å². The van der Waals surface area contributed by atoms with Crippen molar-refractivity contribution in [2.75, 3.05) is 13.0 Å². The van der Waals surface area contributed by atoms with Gasteiger partial charge in [-0.05, 0) is 17.7 Å². The second kappa shape index (κ2) is 4.24. The second-order valence-corrected chi connectivity index (χ2v) is 5.34. The molecule has 0 radical (unpaired) electrons. The lowest BCUT2D eigenvalue weighted by Gasteiger charge is -2.10. The third-order valence-corrected chi connectivity index (χ3v) is 2.85. The number of nitrogens with zero attached hydrogens (tertiary/aromatic N) is 1. The lowest BCUT2D eigenvalue weighted by Crippen LogP contribution is -2.26. The molecule has 2 rings (SSSR count). The number of hydrogen-bond acceptors (Lipinski definition) is 5. The van der Waals surface area contributed by atoms with E-state index in [0.717, 1.165) is 6.26 Å². The first-order valence-electron chi connectivity index (χ1n) is 4.76. The van der Waals surface area contributed by atoms with Crippen molar-refractivity contribution in [3.8, 4) is 17.6 Å². The maximum atomic E-state index is 11.1. The molecule has 90 valence electrons. The second-order valence-electron chi connectivity index (χ2n) is 3.56. The van der Waals surface area contributed by atoms with Crippen molar-refractivity contribution in [2.45, 2.75) is 6.04 Å². The van der Waals surface area contributed by atoms with Crippen molar-refractivity contribution >= 4 is 10.0 Å². The van der Waals surface area contributed by atoms with Crippen molar-refractivity contribution < 1.29 is 17.9 Å². The van der Waals surface area contributed by atoms with Crippen LogP contribution in [0.5, 0.6) is 11.5 Å². The standard InChI is InChI=1S/C10H10N2O4S/c1-17(13,14)12-8(5-11)7-2-3-9-10(4-7)16-6-15-9/h2-4,8,12H,6H2,1H3. The minimum atomic E-state index is -3.44. The third-order valence-electron chi connectivity index (χ3n) is 2.19. The van der Waals surface area contributed by atoms with E-state index < -0.39 is 16.1 Å². The zero-order valence-corrected chi connectivity index (χ0v) is 9.82. The summed E-state index contributed by atoms with van der Waals surface area (Å²) in [6, 6.07) is 5.81. The predicted molar refractivity (Wildman–Crippen MR) is 58.9 cm³/mol. The Morgan fingerprint density at radius 3 is 2.76 bits per heavy atom. The highest BCUT2D eigenvalue weighted by Crippen LogP contribution is 2.34. The summed E-state index contributed by atoms with van der Waals surface area (Å²) in [5.41, 5.74) is 0.516. The first kappa shape index (κ1) is 11.7. The number of nitrogens with one attached hydrogen (secondary N) is 1. The molecule has 1 aromatic carbocycles. The van der Waals surface area contributed by atoms with Crippen molar-refractivity contribution in [3.63, 3.8) is 0 Å². The molecule has 1 aliphatic rings. The van der Waals surface area contributed by atoms with Crippen molar-refractivity contribution in [1.82, 2.24) is 4.72 Å². The average Bonchev–Trinajstić information content (AvgIpc) is 2.71. The van der Waals surface area contributed by atoms with E-state index in [1.54, 1.807) is 18.2 Å². The molecule has 1 heterocycles. The fourth-order valence-electron chi connectivity index (χ4n) is 1.48. The summed E-state index contributed by atoms with van der Waals surface area (Å²) in [4.78, 5) is 0. The van der Waals surface area contributed by atoms with Gasteiger partial charge in [0.2, 0.25) is 16.8 Å². The Hall–Kier alpha value is -1.78. The summed E-state index contributed by atoms with van der Waals surface area (Å²) in [5.74, 6) is 1.10. The maximum Gasteiger partial charge on any atom is 0.231 e. The normalized spacial score (nSPS) is 15.3. The highest BCUT2D eigenvalue weighted by Gasteiger charge is 2.19. The molecule has 17 heavy (non-hydrogen) atoms. The number of fused-ring (bicyclic) bond motifs is 1. The summed E-state index contributed by atoms with van der Waals surface area (Å²) in [5, 5.41) is 8.94. The molecule has 7 heteroatoms. The third kappa shape index (κ3) is 2.67. The van der Waals surface area contributed by atoms with Crippen LogP contribution >= 0.6 is 0 Å². The van der Waals surface area contributed by atoms with E-state index in [9.17, 15) is 8.42 Å². The summed E-state index contributed by atoms with van der Waals surface area (Å²) >= 11 is 0. The van der Waals surface area contributed by atoms with E-state index in [1.165, 1.54) is 0 Å². The van der Waals surface area contributed by atoms with Crippen LogP contribution in [0.3, 0.4) is 0 Å². The largest absolute Gasteiger partial charge is 0.454 e. The molecule has 1 aliphatic heterocycles. The number of rotatable bonds is 3. The van der Waals surface area contributed by atoms with Gasteiger partial charge < -0.3 is 9.47 Å². The van der Waals surface area contributed by atoms with E-state index in [0.29, 0.717) is 17.1 Å². The SMILES string of the molecule is CS(=O)(=O)NC(C#N)c1ccc2c(c1)OCO2. The molecule has 1 aromatic rings. The summed E-state index contributed by atoms with van der Waals surface area (Å²) in [6.45, 7) is 0.134. The number of nitriles is 1. The van der Waals surface area contributed by atoms with Crippen LogP contribution in [0.1, 0.15) is 11.6 Å². The van der Waals surface area contributed by atoms with E-state index in [4.69, 9.17) is 14.7 Å². The van der Waals surface area contributed by atoms with Gasteiger partial charge in [-0.2, -0.15) is 9.98 Å². The topological polar surface area (TPSA) is 88.4 Å². The Kier molecular flexibility index (Phi) is 2.92. The monoisotopic (exact) mass is 254 g/mol. The van der Waals surface area contributed by atoms with Gasteiger partial charge in [0, 0.05) is 0 Å². The molecular formula is C10H10N2O4S. The first-order valence-corrected chi connectivity index (χ1v) is 6.65. The zero-order chi connectivity index (χ0) is 12.5. The molecule has 0 fully saturated rings. The molecule has 0 spiro atoms. The fraction of sp³-hybridized carbons (Fsp3) is 0.300. The van der Waals surface area contributed by atoms with Crippen LogP contribution in [0.2, 0.25) is 0 Å². The molecular weight excluding hydrogens is 244 g/mol. The van der Waals surface area contributed by atoms with Crippen LogP contribution in [0.25, 0.3) is 0 Å². The fourth-order valence-corrected chi connectivity index (χ4v) is 2.09. The highest BCUT2D eigenvalue weighted by molar-refractivity contribution is 7.88. The van der Waals surface area contributed by atoms with E-state index >= 15 is 0 Å². The molecule has 1 N–H and O–H groups in total. The van der Waals surface area contributed by atoms with Crippen LogP contribution < -0.4 is 14.2 Å². The first-order chi connectivity index (χ1) is 7.99. The number of ether oxygens (including phenoxy) is 2. The Morgan fingerprint density at radius 2 is 2.12 bits per heavy atom. The number of sulfonamides is 1. The van der Waals surface area contributed by atoms with Crippen LogP contribution in [-0.4, -0.2) is 21.5 Å². The lowest BCUT2D eigenvalue weighted by molar-refractivity contribution is 0.174. The molecule has 6 nitrogen and oxygen atoms in total. The lowest BCUT2D eigenvalue weighted by atomic mass is 10.1. The number of hydrogen-bond donors (Lipinski definition) is 1. The minimum absolute atomic E-state index is 0.134. The van der Waals surface area contributed by atoms with Gasteiger partial charge in [0.15, 0.2) is 11.5 Å². The summed E-state index contributed by atoms with van der Waals surface area (Å²) < 4.78 is 34.7. The molecule has 1 unspecified atom stereocenters. The van der Waals surface area contributed by atoms with Gasteiger partial charge in [-0.3, -0.25) is 0 Å². The van der Waals surface area contributed by atoms with E-state index in [2.05, 4.69) is 4.72 Å². The van der Waals surface area contributed by atoms with Crippen LogP contribution in [-0.2, 0) is 10.0 Å². The number of benzene rings is 1. The van der Waals surface area contributed by atoms with Gasteiger partial charge in [-0.25, -0.2) is 8.42 Å². The smallest absolute Gasteiger partial charge is 0.231 e. The van der Waals surface area contributed by atoms with Crippen LogP contribution in [0, 0.1) is 11.3 Å². The molecule has 0 aliphatic carbocycles. The Morgan fingerprint density at radius 1 is 1.41 bits per heavy atom. The predicted octanol–water partition coefficient (Wildman–Crippen LogP) is 0.529. The van der Waals surface area contributed by atoms with Crippen LogP contribution in [0.4, 0.5) is 0 Å². The van der Waals surface area contributed by atoms with Gasteiger partial charge in [-0.1, -0.05) is 6.07 Å². The quantitative estimate of drug-likeness (QED) is 0.850. The Bertz CT molecular complexity index is 576. The molecule has 0 saturated heterocycles. The van der Waals surface area contributed by atoms with Gasteiger partial charge in [0.1, 0.15) is 6.04 Å². The molecule has 0 amide bonds. The van der Waals surface area contributed by atoms with Gasteiger partial charge >= 0.3 is 0 Å². The molecule has 0 saturated carbocycles. The van der Waals surface area contributed by atoms with Crippen molar-refractivity contribution in [3.05, 3.63) is 23.8 Å². The molecule has 1 atom stereocenters. The van der Waals surface area contributed by atoms with E-state index in [-0.39, 0.29) is 6.79 Å². The zero-order valence-electron chi connectivity index (χ0n) is 9.00.